The van der Waals surface area contributed by atoms with Crippen molar-refractivity contribution in [2.75, 3.05) is 28.6 Å². The Labute approximate surface area is 154 Å². The van der Waals surface area contributed by atoms with Gasteiger partial charge in [-0.05, 0) is 62.6 Å². The summed E-state index contributed by atoms with van der Waals surface area (Å²) in [5.41, 5.74) is 2.81. The fourth-order valence-corrected chi connectivity index (χ4v) is 3.22. The number of anilines is 3. The first-order valence-electron chi connectivity index (χ1n) is 8.80. The zero-order valence-electron chi connectivity index (χ0n) is 14.5. The number of rotatable bonds is 5. The maximum absolute atomic E-state index is 12.3. The molecule has 2 aromatic carbocycles. The summed E-state index contributed by atoms with van der Waals surface area (Å²) >= 11 is 6.08. The lowest BCUT2D eigenvalue weighted by Crippen LogP contribution is -2.32. The second-order valence-corrected chi connectivity index (χ2v) is 6.84. The van der Waals surface area contributed by atoms with Crippen molar-refractivity contribution in [2.45, 2.75) is 32.2 Å². The van der Waals surface area contributed by atoms with Crippen molar-refractivity contribution < 1.29 is 4.79 Å². The van der Waals surface area contributed by atoms with Gasteiger partial charge < -0.3 is 15.5 Å². The summed E-state index contributed by atoms with van der Waals surface area (Å²) in [7, 11) is 0. The van der Waals surface area contributed by atoms with Gasteiger partial charge in [-0.1, -0.05) is 23.7 Å². The fourth-order valence-electron chi connectivity index (χ4n) is 3.04. The van der Waals surface area contributed by atoms with E-state index in [1.807, 2.05) is 31.2 Å². The van der Waals surface area contributed by atoms with Crippen LogP contribution in [0.5, 0.6) is 0 Å². The maximum Gasteiger partial charge on any atom is 0.246 e. The normalized spacial score (nSPS) is 15.5. The number of halogens is 1. The monoisotopic (exact) mass is 357 g/mol. The number of nitrogens with one attached hydrogen (secondary N) is 2. The molecule has 0 bridgehead atoms. The van der Waals surface area contributed by atoms with Crippen molar-refractivity contribution in [1.82, 2.24) is 0 Å². The molecular weight excluding hydrogens is 334 g/mol. The zero-order chi connectivity index (χ0) is 17.6. The highest BCUT2D eigenvalue weighted by molar-refractivity contribution is 6.33. The number of amides is 1. The predicted octanol–water partition coefficient (Wildman–Crippen LogP) is 4.77. The van der Waals surface area contributed by atoms with Crippen LogP contribution in [0.25, 0.3) is 0 Å². The number of piperidine rings is 1. The minimum atomic E-state index is -0.364. The Balaban J connectivity index is 1.57. The fraction of sp³-hybridized carbons (Fsp3) is 0.350. The lowest BCUT2D eigenvalue weighted by molar-refractivity contribution is -0.116. The first-order chi connectivity index (χ1) is 12.1. The van der Waals surface area contributed by atoms with Crippen molar-refractivity contribution in [3.63, 3.8) is 0 Å². The highest BCUT2D eigenvalue weighted by Gasteiger charge is 2.15. The molecule has 1 fully saturated rings. The van der Waals surface area contributed by atoms with Gasteiger partial charge in [-0.3, -0.25) is 4.79 Å². The molecule has 2 N–H and O–H groups in total. The van der Waals surface area contributed by atoms with Crippen LogP contribution in [0.2, 0.25) is 5.02 Å². The van der Waals surface area contributed by atoms with E-state index in [-0.39, 0.29) is 11.9 Å². The average molecular weight is 358 g/mol. The SMILES string of the molecule is CC(Nc1ccc(N2CCCCC2)cc1)C(=O)Nc1ccccc1Cl. The zero-order valence-corrected chi connectivity index (χ0v) is 15.2. The Hall–Kier alpha value is -2.20. The average Bonchev–Trinajstić information content (AvgIpc) is 2.65. The van der Waals surface area contributed by atoms with Crippen molar-refractivity contribution in [3.05, 3.63) is 53.6 Å². The molecular formula is C20H24ClN3O. The first kappa shape index (κ1) is 17.6. The van der Waals surface area contributed by atoms with Crippen molar-refractivity contribution in [3.8, 4) is 0 Å². The van der Waals surface area contributed by atoms with E-state index < -0.39 is 0 Å². The van der Waals surface area contributed by atoms with Crippen LogP contribution in [0.4, 0.5) is 17.1 Å². The number of para-hydroxylation sites is 1. The van der Waals surface area contributed by atoms with E-state index in [1.54, 1.807) is 12.1 Å². The van der Waals surface area contributed by atoms with Gasteiger partial charge in [-0.25, -0.2) is 0 Å². The van der Waals surface area contributed by atoms with Gasteiger partial charge in [-0.15, -0.1) is 0 Å². The molecule has 0 spiro atoms. The van der Waals surface area contributed by atoms with Gasteiger partial charge in [0.2, 0.25) is 5.91 Å². The predicted molar refractivity (Wildman–Crippen MR) is 106 cm³/mol. The Bertz CT molecular complexity index is 711. The third-order valence-electron chi connectivity index (χ3n) is 4.50. The number of nitrogens with zero attached hydrogens (tertiary/aromatic N) is 1. The van der Waals surface area contributed by atoms with E-state index in [1.165, 1.54) is 24.9 Å². The van der Waals surface area contributed by atoms with Gasteiger partial charge in [0, 0.05) is 24.5 Å². The highest BCUT2D eigenvalue weighted by atomic mass is 35.5. The van der Waals surface area contributed by atoms with Crippen LogP contribution in [0.15, 0.2) is 48.5 Å². The lowest BCUT2D eigenvalue weighted by atomic mass is 10.1. The standard InChI is InChI=1S/C20H24ClN3O/c1-15(20(25)23-19-8-4-3-7-18(19)21)22-16-9-11-17(12-10-16)24-13-5-2-6-14-24/h3-4,7-12,15,22H,2,5-6,13-14H2,1H3,(H,23,25). The van der Waals surface area contributed by atoms with Crippen LogP contribution in [-0.2, 0) is 4.79 Å². The first-order valence-corrected chi connectivity index (χ1v) is 9.18. The summed E-state index contributed by atoms with van der Waals surface area (Å²) < 4.78 is 0. The van der Waals surface area contributed by atoms with Gasteiger partial charge >= 0.3 is 0 Å². The Morgan fingerprint density at radius 3 is 2.40 bits per heavy atom. The molecule has 2 aromatic rings. The molecule has 1 saturated heterocycles. The van der Waals surface area contributed by atoms with Crippen molar-refractivity contribution in [1.29, 1.82) is 0 Å². The summed E-state index contributed by atoms with van der Waals surface area (Å²) in [5.74, 6) is -0.117. The summed E-state index contributed by atoms with van der Waals surface area (Å²) in [6.07, 6.45) is 3.85. The van der Waals surface area contributed by atoms with E-state index in [4.69, 9.17) is 11.6 Å². The molecule has 4 nitrogen and oxygen atoms in total. The van der Waals surface area contributed by atoms with E-state index in [0.717, 1.165) is 18.8 Å². The quantitative estimate of drug-likeness (QED) is 0.810. The lowest BCUT2D eigenvalue weighted by Gasteiger charge is -2.29. The number of carbonyl (C=O) groups is 1. The van der Waals surface area contributed by atoms with Gasteiger partial charge in [0.1, 0.15) is 6.04 Å². The number of carbonyl (C=O) groups excluding carboxylic acids is 1. The van der Waals surface area contributed by atoms with Crippen LogP contribution in [0.1, 0.15) is 26.2 Å². The van der Waals surface area contributed by atoms with Crippen LogP contribution in [0, 0.1) is 0 Å². The Kier molecular flexibility index (Phi) is 5.82. The summed E-state index contributed by atoms with van der Waals surface area (Å²) in [5, 5.41) is 6.63. The number of hydrogen-bond donors (Lipinski definition) is 2. The molecule has 1 unspecified atom stereocenters. The van der Waals surface area contributed by atoms with Crippen molar-refractivity contribution >= 4 is 34.6 Å². The molecule has 1 amide bonds. The van der Waals surface area contributed by atoms with Gasteiger partial charge in [0.15, 0.2) is 0 Å². The van der Waals surface area contributed by atoms with Crippen molar-refractivity contribution in [2.24, 2.45) is 0 Å². The second-order valence-electron chi connectivity index (χ2n) is 6.43. The van der Waals surface area contributed by atoms with E-state index in [2.05, 4.69) is 27.7 Å². The molecule has 3 rings (SSSR count). The van der Waals surface area contributed by atoms with Gasteiger partial charge in [0.25, 0.3) is 0 Å². The second kappa shape index (κ2) is 8.26. The van der Waals surface area contributed by atoms with Crippen LogP contribution >= 0.6 is 11.6 Å². The topological polar surface area (TPSA) is 44.4 Å². The summed E-state index contributed by atoms with van der Waals surface area (Å²) in [6, 6.07) is 15.2. The number of hydrogen-bond acceptors (Lipinski definition) is 3. The minimum absolute atomic E-state index is 0.117. The molecule has 1 aliphatic heterocycles. The summed E-state index contributed by atoms with van der Waals surface area (Å²) in [6.45, 7) is 4.09. The van der Waals surface area contributed by atoms with E-state index in [9.17, 15) is 4.79 Å². The Morgan fingerprint density at radius 1 is 1.04 bits per heavy atom. The molecule has 5 heteroatoms. The minimum Gasteiger partial charge on any atom is -0.374 e. The van der Waals surface area contributed by atoms with Crippen LogP contribution < -0.4 is 15.5 Å². The third kappa shape index (κ3) is 4.67. The van der Waals surface area contributed by atoms with Crippen LogP contribution in [-0.4, -0.2) is 25.0 Å². The van der Waals surface area contributed by atoms with Gasteiger partial charge in [-0.2, -0.15) is 0 Å². The molecule has 25 heavy (non-hydrogen) atoms. The molecule has 0 aromatic heterocycles. The molecule has 0 radical (unpaired) electrons. The third-order valence-corrected chi connectivity index (χ3v) is 4.83. The molecule has 1 heterocycles. The van der Waals surface area contributed by atoms with Gasteiger partial charge in [0.05, 0.1) is 10.7 Å². The number of benzene rings is 2. The maximum atomic E-state index is 12.3. The van der Waals surface area contributed by atoms with E-state index >= 15 is 0 Å². The smallest absolute Gasteiger partial charge is 0.246 e. The largest absolute Gasteiger partial charge is 0.374 e. The highest BCUT2D eigenvalue weighted by Crippen LogP contribution is 2.23. The molecule has 1 atom stereocenters. The molecule has 132 valence electrons. The molecule has 1 aliphatic rings. The Morgan fingerprint density at radius 2 is 1.72 bits per heavy atom. The molecule has 0 aliphatic carbocycles. The summed E-state index contributed by atoms with van der Waals surface area (Å²) in [4.78, 5) is 14.8. The molecule has 0 saturated carbocycles. The van der Waals surface area contributed by atoms with E-state index in [0.29, 0.717) is 10.7 Å². The van der Waals surface area contributed by atoms with Crippen LogP contribution in [0.3, 0.4) is 0 Å².